The van der Waals surface area contributed by atoms with E-state index in [9.17, 15) is 0 Å². The quantitative estimate of drug-likeness (QED) is 0.743. The van der Waals surface area contributed by atoms with Crippen molar-refractivity contribution in [3.05, 3.63) is 0 Å². The van der Waals surface area contributed by atoms with Gasteiger partial charge < -0.3 is 15.8 Å². The van der Waals surface area contributed by atoms with Gasteiger partial charge in [-0.2, -0.15) is 0 Å². The zero-order valence-electron chi connectivity index (χ0n) is 9.80. The Morgan fingerprint density at radius 2 is 2.20 bits per heavy atom. The summed E-state index contributed by atoms with van der Waals surface area (Å²) in [6.07, 6.45) is 7.83. The molecule has 1 saturated heterocycles. The van der Waals surface area contributed by atoms with E-state index in [4.69, 9.17) is 10.5 Å². The summed E-state index contributed by atoms with van der Waals surface area (Å²) in [4.78, 5) is 0. The minimum absolute atomic E-state index is 0.0170. The predicted octanol–water partition coefficient (Wildman–Crippen LogP) is 1.41. The Balaban J connectivity index is 1.76. The van der Waals surface area contributed by atoms with Crippen molar-refractivity contribution in [1.29, 1.82) is 0 Å². The third-order valence-electron chi connectivity index (χ3n) is 3.87. The summed E-state index contributed by atoms with van der Waals surface area (Å²) < 4.78 is 5.61. The largest absolute Gasteiger partial charge is 0.377 e. The minimum Gasteiger partial charge on any atom is -0.377 e. The first-order valence-corrected chi connectivity index (χ1v) is 6.32. The van der Waals surface area contributed by atoms with Gasteiger partial charge in [-0.1, -0.05) is 12.8 Å². The molecule has 2 fully saturated rings. The second kappa shape index (κ2) is 4.81. The molecule has 1 heterocycles. The van der Waals surface area contributed by atoms with Gasteiger partial charge in [-0.25, -0.2) is 0 Å². The molecule has 0 aromatic rings. The molecular formula is C12H24N2O. The zero-order valence-corrected chi connectivity index (χ0v) is 9.80. The van der Waals surface area contributed by atoms with Gasteiger partial charge in [0.05, 0.1) is 6.10 Å². The molecule has 0 spiro atoms. The highest BCUT2D eigenvalue weighted by Crippen LogP contribution is 2.26. The molecule has 88 valence electrons. The van der Waals surface area contributed by atoms with Gasteiger partial charge in [-0.3, -0.25) is 0 Å². The molecule has 0 aromatic heterocycles. The van der Waals surface area contributed by atoms with Crippen molar-refractivity contribution in [3.8, 4) is 0 Å². The molecule has 2 rings (SSSR count). The smallest absolute Gasteiger partial charge is 0.0700 e. The molecule has 0 bridgehead atoms. The summed E-state index contributed by atoms with van der Waals surface area (Å²) in [6, 6.07) is 0.482. The van der Waals surface area contributed by atoms with Crippen LogP contribution in [0.4, 0.5) is 0 Å². The lowest BCUT2D eigenvalue weighted by Crippen LogP contribution is -2.57. The van der Waals surface area contributed by atoms with Gasteiger partial charge in [-0.05, 0) is 32.6 Å². The fraction of sp³-hybridized carbons (Fsp3) is 1.00. The first-order chi connectivity index (χ1) is 7.18. The third-order valence-corrected chi connectivity index (χ3v) is 3.87. The molecule has 1 aliphatic carbocycles. The first-order valence-electron chi connectivity index (χ1n) is 6.32. The number of ether oxygens (including phenoxy) is 1. The Hall–Kier alpha value is -0.120. The van der Waals surface area contributed by atoms with Crippen LogP contribution < -0.4 is 11.1 Å². The maximum absolute atomic E-state index is 6.30. The fourth-order valence-electron chi connectivity index (χ4n) is 2.77. The van der Waals surface area contributed by atoms with Gasteiger partial charge in [0.1, 0.15) is 0 Å². The maximum Gasteiger partial charge on any atom is 0.0700 e. The van der Waals surface area contributed by atoms with Crippen molar-refractivity contribution in [1.82, 2.24) is 5.32 Å². The van der Waals surface area contributed by atoms with E-state index < -0.39 is 0 Å². The van der Waals surface area contributed by atoms with E-state index >= 15 is 0 Å². The van der Waals surface area contributed by atoms with E-state index in [1.54, 1.807) is 0 Å². The molecule has 15 heavy (non-hydrogen) atoms. The van der Waals surface area contributed by atoms with Crippen LogP contribution >= 0.6 is 0 Å². The molecule has 1 saturated carbocycles. The molecule has 0 aromatic carbocycles. The first kappa shape index (κ1) is 11.4. The summed E-state index contributed by atoms with van der Waals surface area (Å²) in [6.45, 7) is 4.10. The van der Waals surface area contributed by atoms with Crippen LogP contribution in [0.1, 0.15) is 45.4 Å². The Morgan fingerprint density at radius 3 is 2.87 bits per heavy atom. The Bertz CT molecular complexity index is 200. The van der Waals surface area contributed by atoms with Crippen molar-refractivity contribution in [2.75, 3.05) is 13.2 Å². The monoisotopic (exact) mass is 212 g/mol. The van der Waals surface area contributed by atoms with Crippen molar-refractivity contribution in [2.45, 2.75) is 63.1 Å². The Labute approximate surface area is 92.7 Å². The molecule has 0 radical (unpaired) electrons. The molecule has 2 aliphatic rings. The van der Waals surface area contributed by atoms with Crippen molar-refractivity contribution >= 4 is 0 Å². The highest BCUT2D eigenvalue weighted by molar-refractivity contribution is 4.95. The summed E-state index contributed by atoms with van der Waals surface area (Å²) in [5.74, 6) is 0. The predicted molar refractivity (Wildman–Crippen MR) is 61.8 cm³/mol. The van der Waals surface area contributed by atoms with Gasteiger partial charge in [-0.15, -0.1) is 0 Å². The molecular weight excluding hydrogens is 188 g/mol. The second-order valence-corrected chi connectivity index (χ2v) is 5.35. The van der Waals surface area contributed by atoms with Gasteiger partial charge in [0.25, 0.3) is 0 Å². The molecule has 3 atom stereocenters. The lowest BCUT2D eigenvalue weighted by atomic mass is 9.79. The summed E-state index contributed by atoms with van der Waals surface area (Å²) in [5.41, 5.74) is 6.29. The molecule has 0 amide bonds. The summed E-state index contributed by atoms with van der Waals surface area (Å²) >= 11 is 0. The van der Waals surface area contributed by atoms with Crippen LogP contribution in [0.2, 0.25) is 0 Å². The lowest BCUT2D eigenvalue weighted by molar-refractivity contribution is 0.100. The van der Waals surface area contributed by atoms with Crippen LogP contribution in [0.5, 0.6) is 0 Å². The minimum atomic E-state index is -0.0170. The Morgan fingerprint density at radius 1 is 1.33 bits per heavy atom. The molecule has 3 N–H and O–H groups in total. The normalized spacial score (nSPS) is 42.0. The average Bonchev–Trinajstić information content (AvgIpc) is 2.68. The van der Waals surface area contributed by atoms with E-state index in [1.807, 2.05) is 0 Å². The lowest BCUT2D eigenvalue weighted by Gasteiger charge is -2.39. The average molecular weight is 212 g/mol. The number of rotatable bonds is 3. The fourth-order valence-corrected chi connectivity index (χ4v) is 2.77. The van der Waals surface area contributed by atoms with Crippen LogP contribution in [0, 0.1) is 0 Å². The molecule has 3 heteroatoms. The van der Waals surface area contributed by atoms with E-state index in [1.165, 1.54) is 32.1 Å². The zero-order chi connectivity index (χ0) is 10.7. The van der Waals surface area contributed by atoms with Crippen molar-refractivity contribution < 1.29 is 4.74 Å². The van der Waals surface area contributed by atoms with Gasteiger partial charge in [0.15, 0.2) is 0 Å². The van der Waals surface area contributed by atoms with Crippen molar-refractivity contribution in [3.63, 3.8) is 0 Å². The van der Waals surface area contributed by atoms with Crippen LogP contribution in [0.3, 0.4) is 0 Å². The third kappa shape index (κ3) is 2.92. The highest BCUT2D eigenvalue weighted by Gasteiger charge is 2.32. The van der Waals surface area contributed by atoms with Crippen LogP contribution in [-0.4, -0.2) is 30.8 Å². The topological polar surface area (TPSA) is 47.3 Å². The number of hydrogen-bond acceptors (Lipinski definition) is 3. The maximum atomic E-state index is 6.30. The van der Waals surface area contributed by atoms with Crippen LogP contribution in [0.25, 0.3) is 0 Å². The van der Waals surface area contributed by atoms with Gasteiger partial charge in [0.2, 0.25) is 0 Å². The Kier molecular flexibility index (Phi) is 3.65. The summed E-state index contributed by atoms with van der Waals surface area (Å²) in [7, 11) is 0. The van der Waals surface area contributed by atoms with E-state index in [-0.39, 0.29) is 5.54 Å². The highest BCUT2D eigenvalue weighted by atomic mass is 16.5. The number of nitrogens with two attached hydrogens (primary N) is 1. The molecule has 3 nitrogen and oxygen atoms in total. The van der Waals surface area contributed by atoms with Crippen LogP contribution in [0.15, 0.2) is 0 Å². The number of hydrogen-bond donors (Lipinski definition) is 2. The second-order valence-electron chi connectivity index (χ2n) is 5.35. The van der Waals surface area contributed by atoms with Gasteiger partial charge in [0, 0.05) is 24.7 Å². The SMILES string of the molecule is CC1(N)CCCCC1NCC1CCCO1. The van der Waals surface area contributed by atoms with E-state index in [0.29, 0.717) is 12.1 Å². The molecule has 3 unspecified atom stereocenters. The standard InChI is InChI=1S/C12H24N2O/c1-12(13)7-3-2-6-11(12)14-9-10-5-4-8-15-10/h10-11,14H,2-9,13H2,1H3. The van der Waals surface area contributed by atoms with Crippen molar-refractivity contribution in [2.24, 2.45) is 5.73 Å². The summed E-state index contributed by atoms with van der Waals surface area (Å²) in [5, 5.41) is 3.60. The van der Waals surface area contributed by atoms with E-state index in [0.717, 1.165) is 19.6 Å². The molecule has 1 aliphatic heterocycles. The van der Waals surface area contributed by atoms with Gasteiger partial charge >= 0.3 is 0 Å². The van der Waals surface area contributed by atoms with Crippen LogP contribution in [-0.2, 0) is 4.74 Å². The van der Waals surface area contributed by atoms with E-state index in [2.05, 4.69) is 12.2 Å². The number of nitrogens with one attached hydrogen (secondary N) is 1.